The largest absolute Gasteiger partial charge is 0.280 e. The number of benzene rings is 1. The molecule has 0 spiro atoms. The van der Waals surface area contributed by atoms with E-state index in [1.165, 1.54) is 0 Å². The Kier molecular flexibility index (Phi) is 3.00. The smallest absolute Gasteiger partial charge is 0.258 e. The van der Waals surface area contributed by atoms with Gasteiger partial charge in [-0.15, -0.1) is 0 Å². The van der Waals surface area contributed by atoms with Gasteiger partial charge in [0.05, 0.1) is 9.40 Å². The van der Waals surface area contributed by atoms with E-state index in [-0.39, 0.29) is 10.2 Å². The van der Waals surface area contributed by atoms with Crippen LogP contribution in [0.15, 0.2) is 21.7 Å². The van der Waals surface area contributed by atoms with Crippen LogP contribution in [0.3, 0.4) is 0 Å². The average molecular weight is 261 g/mol. The van der Waals surface area contributed by atoms with Gasteiger partial charge in [0.25, 0.3) is 5.69 Å². The second-order valence-corrected chi connectivity index (χ2v) is 3.06. The third kappa shape index (κ3) is 1.98. The predicted octanol–water partition coefficient (Wildman–Crippen LogP) is 3.44. The average Bonchev–Trinajstić information content (AvgIpc) is 2.11. The molecule has 0 saturated carbocycles. The maximum absolute atomic E-state index is 12.9. The number of halogens is 2. The maximum Gasteiger partial charge on any atom is 0.280 e. The van der Waals surface area contributed by atoms with Crippen LogP contribution in [0, 0.1) is 15.9 Å². The van der Waals surface area contributed by atoms with E-state index in [0.29, 0.717) is 0 Å². The van der Waals surface area contributed by atoms with Crippen LogP contribution in [0.25, 0.3) is 10.4 Å². The minimum atomic E-state index is -0.756. The molecule has 1 rings (SSSR count). The highest BCUT2D eigenvalue weighted by Gasteiger charge is 2.15. The summed E-state index contributed by atoms with van der Waals surface area (Å²) in [5, 5.41) is 13.4. The highest BCUT2D eigenvalue weighted by atomic mass is 79.9. The van der Waals surface area contributed by atoms with Gasteiger partial charge in [-0.25, -0.2) is 4.39 Å². The molecule has 14 heavy (non-hydrogen) atoms. The quantitative estimate of drug-likeness (QED) is 0.268. The highest BCUT2D eigenvalue weighted by molar-refractivity contribution is 9.10. The van der Waals surface area contributed by atoms with Crippen molar-refractivity contribution < 1.29 is 9.31 Å². The second kappa shape index (κ2) is 4.03. The standard InChI is InChI=1S/C6H2BrFN4O2/c7-3-1-6(12(13)14)5(10-11-9)2-4(3)8/h1-2H. The van der Waals surface area contributed by atoms with Crippen molar-refractivity contribution >= 4 is 27.3 Å². The number of rotatable bonds is 2. The number of nitro groups is 1. The van der Waals surface area contributed by atoms with Crippen LogP contribution in [0.4, 0.5) is 15.8 Å². The Labute approximate surface area is 85.3 Å². The molecule has 1 aromatic rings. The van der Waals surface area contributed by atoms with Crippen molar-refractivity contribution in [3.05, 3.63) is 43.0 Å². The first-order chi connectivity index (χ1) is 6.56. The van der Waals surface area contributed by atoms with Gasteiger partial charge in [-0.3, -0.25) is 10.1 Å². The summed E-state index contributed by atoms with van der Waals surface area (Å²) in [6, 6.07) is 1.74. The molecule has 0 amide bonds. The van der Waals surface area contributed by atoms with Crippen molar-refractivity contribution in [2.45, 2.75) is 0 Å². The molecule has 6 nitrogen and oxygen atoms in total. The summed E-state index contributed by atoms with van der Waals surface area (Å²) in [6.45, 7) is 0. The fraction of sp³-hybridized carbons (Fsp3) is 0. The van der Waals surface area contributed by atoms with Gasteiger partial charge in [0.2, 0.25) is 0 Å². The molecule has 0 radical (unpaired) electrons. The fourth-order valence-electron chi connectivity index (χ4n) is 0.800. The highest BCUT2D eigenvalue weighted by Crippen LogP contribution is 2.32. The Hall–Kier alpha value is -1.66. The van der Waals surface area contributed by atoms with Crippen LogP contribution in [-0.4, -0.2) is 4.92 Å². The Morgan fingerprint density at radius 3 is 2.79 bits per heavy atom. The molecule has 1 aromatic carbocycles. The van der Waals surface area contributed by atoms with Gasteiger partial charge < -0.3 is 0 Å². The SMILES string of the molecule is [N-]=[N+]=Nc1cc(F)c(Br)cc1[N+](=O)[O-]. The van der Waals surface area contributed by atoms with Gasteiger partial charge in [-0.05, 0) is 27.5 Å². The van der Waals surface area contributed by atoms with Gasteiger partial charge >= 0.3 is 0 Å². The third-order valence-corrected chi connectivity index (χ3v) is 1.97. The molecule has 0 aromatic heterocycles. The summed E-state index contributed by atoms with van der Waals surface area (Å²) in [5.74, 6) is -0.724. The molecule has 0 aliphatic carbocycles. The molecule has 0 fully saturated rings. The lowest BCUT2D eigenvalue weighted by atomic mass is 10.3. The molecule has 72 valence electrons. The van der Waals surface area contributed by atoms with E-state index in [2.05, 4.69) is 26.0 Å². The monoisotopic (exact) mass is 260 g/mol. The molecule has 0 aliphatic heterocycles. The van der Waals surface area contributed by atoms with Crippen molar-refractivity contribution in [1.29, 1.82) is 0 Å². The van der Waals surface area contributed by atoms with Crippen LogP contribution >= 0.6 is 15.9 Å². The lowest BCUT2D eigenvalue weighted by Gasteiger charge is -1.98. The van der Waals surface area contributed by atoms with E-state index in [9.17, 15) is 14.5 Å². The van der Waals surface area contributed by atoms with Gasteiger partial charge in [0, 0.05) is 11.0 Å². The van der Waals surface area contributed by atoms with Gasteiger partial charge in [-0.1, -0.05) is 5.11 Å². The molecule has 0 N–H and O–H groups in total. The van der Waals surface area contributed by atoms with Crippen molar-refractivity contribution in [3.8, 4) is 0 Å². The first kappa shape index (κ1) is 10.4. The Bertz CT molecular complexity index is 417. The molecule has 8 heteroatoms. The Balaban J connectivity index is 3.45. The van der Waals surface area contributed by atoms with Crippen molar-refractivity contribution in [2.24, 2.45) is 5.11 Å². The molecule has 0 unspecified atom stereocenters. The van der Waals surface area contributed by atoms with Gasteiger partial charge in [0.15, 0.2) is 0 Å². The fourth-order valence-corrected chi connectivity index (χ4v) is 1.13. The zero-order chi connectivity index (χ0) is 10.7. The van der Waals surface area contributed by atoms with Crippen molar-refractivity contribution in [3.63, 3.8) is 0 Å². The summed E-state index contributed by atoms with van der Waals surface area (Å²) in [4.78, 5) is 12.0. The van der Waals surface area contributed by atoms with Crippen LogP contribution in [0.5, 0.6) is 0 Å². The molecule has 0 saturated heterocycles. The minimum absolute atomic E-state index is 0.0545. The minimum Gasteiger partial charge on any atom is -0.258 e. The van der Waals surface area contributed by atoms with E-state index in [1.807, 2.05) is 0 Å². The number of hydrogen-bond donors (Lipinski definition) is 0. The molecular formula is C6H2BrFN4O2. The Morgan fingerprint density at radius 1 is 1.64 bits per heavy atom. The topological polar surface area (TPSA) is 91.9 Å². The lowest BCUT2D eigenvalue weighted by Crippen LogP contribution is -1.89. The summed E-state index contributed by atoms with van der Waals surface area (Å²) >= 11 is 2.79. The lowest BCUT2D eigenvalue weighted by molar-refractivity contribution is -0.384. The molecule has 0 atom stereocenters. The van der Waals surface area contributed by atoms with E-state index in [1.54, 1.807) is 0 Å². The van der Waals surface area contributed by atoms with Crippen molar-refractivity contribution in [1.82, 2.24) is 0 Å². The van der Waals surface area contributed by atoms with Crippen molar-refractivity contribution in [2.75, 3.05) is 0 Å². The normalized spacial score (nSPS) is 9.29. The van der Waals surface area contributed by atoms with E-state index >= 15 is 0 Å². The Morgan fingerprint density at radius 2 is 2.29 bits per heavy atom. The first-order valence-corrected chi connectivity index (χ1v) is 4.04. The van der Waals surface area contributed by atoms with E-state index in [0.717, 1.165) is 12.1 Å². The molecule has 0 heterocycles. The van der Waals surface area contributed by atoms with E-state index in [4.69, 9.17) is 5.53 Å². The molecule has 0 bridgehead atoms. The van der Waals surface area contributed by atoms with Crippen LogP contribution in [0.2, 0.25) is 0 Å². The molecule has 0 aliphatic rings. The number of azide groups is 1. The summed E-state index contributed by atoms with van der Waals surface area (Å²) < 4.78 is 12.8. The van der Waals surface area contributed by atoms with Crippen LogP contribution in [0.1, 0.15) is 0 Å². The van der Waals surface area contributed by atoms with Gasteiger partial charge in [-0.2, -0.15) is 0 Å². The third-order valence-electron chi connectivity index (χ3n) is 1.37. The summed E-state index contributed by atoms with van der Waals surface area (Å²) in [6.07, 6.45) is 0. The maximum atomic E-state index is 12.9. The number of nitrogens with zero attached hydrogens (tertiary/aromatic N) is 4. The predicted molar refractivity (Wildman–Crippen MR) is 49.6 cm³/mol. The zero-order valence-corrected chi connectivity index (χ0v) is 8.10. The zero-order valence-electron chi connectivity index (χ0n) is 6.52. The first-order valence-electron chi connectivity index (χ1n) is 3.25. The number of hydrogen-bond acceptors (Lipinski definition) is 3. The van der Waals surface area contributed by atoms with Crippen LogP contribution in [-0.2, 0) is 0 Å². The second-order valence-electron chi connectivity index (χ2n) is 2.20. The van der Waals surface area contributed by atoms with Gasteiger partial charge in [0.1, 0.15) is 11.5 Å². The van der Waals surface area contributed by atoms with Crippen LogP contribution < -0.4 is 0 Å². The van der Waals surface area contributed by atoms with E-state index < -0.39 is 16.4 Å². The molecular weight excluding hydrogens is 259 g/mol. The summed E-state index contributed by atoms with van der Waals surface area (Å²) in [7, 11) is 0. The number of nitro benzene ring substituents is 1. The summed E-state index contributed by atoms with van der Waals surface area (Å²) in [5.41, 5.74) is 7.29.